The van der Waals surface area contributed by atoms with Gasteiger partial charge >= 0.3 is 6.09 Å². The number of H-pyrrole nitrogens is 1. The summed E-state index contributed by atoms with van der Waals surface area (Å²) in [6, 6.07) is 9.62. The lowest BCUT2D eigenvalue weighted by Crippen LogP contribution is -2.41. The minimum Gasteiger partial charge on any atom is -0.444 e. The molecule has 0 aliphatic carbocycles. The van der Waals surface area contributed by atoms with Crippen molar-refractivity contribution in [3.8, 4) is 17.3 Å². The molecule has 26 heavy (non-hydrogen) atoms. The van der Waals surface area contributed by atoms with E-state index < -0.39 is 5.60 Å². The van der Waals surface area contributed by atoms with E-state index in [4.69, 9.17) is 10.00 Å². The van der Waals surface area contributed by atoms with Gasteiger partial charge in [-0.25, -0.2) is 9.78 Å². The van der Waals surface area contributed by atoms with Crippen LogP contribution < -0.4 is 0 Å². The Morgan fingerprint density at radius 2 is 2.08 bits per heavy atom. The van der Waals surface area contributed by atoms with Crippen LogP contribution in [0.3, 0.4) is 0 Å². The number of carbonyl (C=O) groups is 1. The van der Waals surface area contributed by atoms with Crippen molar-refractivity contribution < 1.29 is 9.53 Å². The summed E-state index contributed by atoms with van der Waals surface area (Å²) in [4.78, 5) is 21.8. The molecule has 0 radical (unpaired) electrons. The molecule has 0 spiro atoms. The number of carbonyl (C=O) groups excluding carboxylic acids is 1. The van der Waals surface area contributed by atoms with Gasteiger partial charge in [-0.1, -0.05) is 12.1 Å². The molecule has 1 amide bonds. The second-order valence-corrected chi connectivity index (χ2v) is 7.62. The molecule has 6 heteroatoms. The van der Waals surface area contributed by atoms with Gasteiger partial charge in [0, 0.05) is 24.6 Å². The molecule has 1 aromatic carbocycles. The Kier molecular flexibility index (Phi) is 4.99. The highest BCUT2D eigenvalue weighted by atomic mass is 16.6. The van der Waals surface area contributed by atoms with Crippen LogP contribution in [0.1, 0.15) is 50.9 Å². The zero-order chi connectivity index (χ0) is 18.7. The summed E-state index contributed by atoms with van der Waals surface area (Å²) >= 11 is 0. The number of hydrogen-bond donors (Lipinski definition) is 1. The second kappa shape index (κ2) is 7.20. The number of ether oxygens (including phenoxy) is 1. The van der Waals surface area contributed by atoms with E-state index in [9.17, 15) is 4.79 Å². The van der Waals surface area contributed by atoms with E-state index in [2.05, 4.69) is 16.0 Å². The topological polar surface area (TPSA) is 82.0 Å². The quantitative estimate of drug-likeness (QED) is 0.883. The standard InChI is InChI=1S/C20H24N4O2/c1-20(2,3)26-19(25)24-9-7-15(8-10-24)18-22-13-17(23-18)16-6-4-5-14(11-16)12-21/h4-6,11,13,15H,7-10H2,1-3H3,(H,22,23). The molecule has 0 atom stereocenters. The van der Waals surface area contributed by atoms with Gasteiger partial charge in [0.25, 0.3) is 0 Å². The monoisotopic (exact) mass is 352 g/mol. The SMILES string of the molecule is CC(C)(C)OC(=O)N1CCC(c2ncc(-c3cccc(C#N)c3)[nH]2)CC1. The summed E-state index contributed by atoms with van der Waals surface area (Å²) in [6.45, 7) is 6.97. The molecule has 1 N–H and O–H groups in total. The van der Waals surface area contributed by atoms with Crippen molar-refractivity contribution in [3.63, 3.8) is 0 Å². The Hall–Kier alpha value is -2.81. The summed E-state index contributed by atoms with van der Waals surface area (Å²) in [5.74, 6) is 1.23. The maximum Gasteiger partial charge on any atom is 0.410 e. The number of benzene rings is 1. The highest BCUT2D eigenvalue weighted by Gasteiger charge is 2.28. The van der Waals surface area contributed by atoms with Gasteiger partial charge in [0.15, 0.2) is 0 Å². The number of rotatable bonds is 2. The molecule has 0 saturated carbocycles. The van der Waals surface area contributed by atoms with Crippen LogP contribution in [0.2, 0.25) is 0 Å². The smallest absolute Gasteiger partial charge is 0.410 e. The molecule has 0 unspecified atom stereocenters. The van der Waals surface area contributed by atoms with Gasteiger partial charge in [-0.3, -0.25) is 0 Å². The largest absolute Gasteiger partial charge is 0.444 e. The second-order valence-electron chi connectivity index (χ2n) is 7.62. The number of imidazole rings is 1. The summed E-state index contributed by atoms with van der Waals surface area (Å²) in [5, 5.41) is 9.04. The predicted octanol–water partition coefficient (Wildman–Crippen LogP) is 4.06. The first kappa shape index (κ1) is 18.0. The molecule has 1 fully saturated rings. The molecule has 136 valence electrons. The molecule has 6 nitrogen and oxygen atoms in total. The maximum atomic E-state index is 12.2. The summed E-state index contributed by atoms with van der Waals surface area (Å²) < 4.78 is 5.44. The Bertz CT molecular complexity index is 821. The Morgan fingerprint density at radius 1 is 1.35 bits per heavy atom. The first-order valence-corrected chi connectivity index (χ1v) is 8.89. The van der Waals surface area contributed by atoms with Crippen LogP contribution in [0.5, 0.6) is 0 Å². The third-order valence-corrected chi connectivity index (χ3v) is 4.43. The van der Waals surface area contributed by atoms with Gasteiger partial charge in [-0.2, -0.15) is 5.26 Å². The third-order valence-electron chi connectivity index (χ3n) is 4.43. The molecular formula is C20H24N4O2. The molecular weight excluding hydrogens is 328 g/mol. The minimum atomic E-state index is -0.470. The number of nitrogens with zero attached hydrogens (tertiary/aromatic N) is 3. The molecule has 0 bridgehead atoms. The van der Waals surface area contributed by atoms with Crippen LogP contribution in [-0.4, -0.2) is 39.7 Å². The Balaban J connectivity index is 1.63. The van der Waals surface area contributed by atoms with E-state index in [1.807, 2.05) is 45.2 Å². The van der Waals surface area contributed by atoms with E-state index >= 15 is 0 Å². The van der Waals surface area contributed by atoms with Crippen LogP contribution in [0.4, 0.5) is 4.79 Å². The van der Waals surface area contributed by atoms with Crippen LogP contribution in [0.15, 0.2) is 30.5 Å². The predicted molar refractivity (Wildman–Crippen MR) is 98.5 cm³/mol. The van der Waals surface area contributed by atoms with E-state index in [0.717, 1.165) is 29.9 Å². The van der Waals surface area contributed by atoms with E-state index in [-0.39, 0.29) is 6.09 Å². The summed E-state index contributed by atoms with van der Waals surface area (Å²) in [6.07, 6.45) is 3.27. The number of likely N-dealkylation sites (tertiary alicyclic amines) is 1. The molecule has 1 aliphatic rings. The lowest BCUT2D eigenvalue weighted by atomic mass is 9.96. The number of piperidine rings is 1. The highest BCUT2D eigenvalue weighted by molar-refractivity contribution is 5.68. The fourth-order valence-corrected chi connectivity index (χ4v) is 3.11. The third kappa shape index (κ3) is 4.23. The van der Waals surface area contributed by atoms with Gasteiger partial charge < -0.3 is 14.6 Å². The zero-order valence-electron chi connectivity index (χ0n) is 15.5. The van der Waals surface area contributed by atoms with Crippen LogP contribution >= 0.6 is 0 Å². The van der Waals surface area contributed by atoms with Crippen molar-refractivity contribution in [2.75, 3.05) is 13.1 Å². The van der Waals surface area contributed by atoms with Gasteiger partial charge in [-0.05, 0) is 45.7 Å². The number of aromatic amines is 1. The first-order valence-electron chi connectivity index (χ1n) is 8.89. The van der Waals surface area contributed by atoms with Crippen molar-refractivity contribution in [1.82, 2.24) is 14.9 Å². The molecule has 1 aromatic heterocycles. The molecule has 2 aromatic rings. The van der Waals surface area contributed by atoms with Crippen molar-refractivity contribution >= 4 is 6.09 Å². The molecule has 1 saturated heterocycles. The first-order chi connectivity index (χ1) is 12.4. The number of aromatic nitrogens is 2. The molecule has 3 rings (SSSR count). The highest BCUT2D eigenvalue weighted by Crippen LogP contribution is 2.29. The number of hydrogen-bond acceptors (Lipinski definition) is 4. The normalized spacial score (nSPS) is 15.5. The molecule has 2 heterocycles. The van der Waals surface area contributed by atoms with E-state index in [0.29, 0.717) is 24.6 Å². The van der Waals surface area contributed by atoms with E-state index in [1.165, 1.54) is 0 Å². The van der Waals surface area contributed by atoms with Crippen LogP contribution in [0, 0.1) is 11.3 Å². The Morgan fingerprint density at radius 3 is 2.73 bits per heavy atom. The fourth-order valence-electron chi connectivity index (χ4n) is 3.11. The number of nitriles is 1. The summed E-state index contributed by atoms with van der Waals surface area (Å²) in [7, 11) is 0. The van der Waals surface area contributed by atoms with Crippen LogP contribution in [0.25, 0.3) is 11.3 Å². The van der Waals surface area contributed by atoms with Crippen molar-refractivity contribution in [3.05, 3.63) is 41.9 Å². The summed E-state index contributed by atoms with van der Waals surface area (Å²) in [5.41, 5.74) is 2.02. The van der Waals surface area contributed by atoms with Gasteiger partial charge in [0.05, 0.1) is 23.5 Å². The van der Waals surface area contributed by atoms with Crippen molar-refractivity contribution in [2.45, 2.75) is 45.1 Å². The average molecular weight is 352 g/mol. The lowest BCUT2D eigenvalue weighted by Gasteiger charge is -2.32. The van der Waals surface area contributed by atoms with Gasteiger partial charge in [0.2, 0.25) is 0 Å². The van der Waals surface area contributed by atoms with E-state index in [1.54, 1.807) is 11.0 Å². The van der Waals surface area contributed by atoms with Crippen molar-refractivity contribution in [2.24, 2.45) is 0 Å². The number of amides is 1. The minimum absolute atomic E-state index is 0.246. The van der Waals surface area contributed by atoms with Crippen molar-refractivity contribution in [1.29, 1.82) is 5.26 Å². The van der Waals surface area contributed by atoms with Gasteiger partial charge in [-0.15, -0.1) is 0 Å². The fraction of sp³-hybridized carbons (Fsp3) is 0.450. The number of nitrogens with one attached hydrogen (secondary N) is 1. The average Bonchev–Trinajstić information content (AvgIpc) is 3.10. The zero-order valence-corrected chi connectivity index (χ0v) is 15.5. The van der Waals surface area contributed by atoms with Crippen LogP contribution in [-0.2, 0) is 4.74 Å². The Labute approximate surface area is 153 Å². The maximum absolute atomic E-state index is 12.2. The van der Waals surface area contributed by atoms with Gasteiger partial charge in [0.1, 0.15) is 11.4 Å². The molecule has 1 aliphatic heterocycles. The lowest BCUT2D eigenvalue weighted by molar-refractivity contribution is 0.0203.